The smallest absolute Gasteiger partial charge is 0.271 e. The van der Waals surface area contributed by atoms with E-state index in [0.29, 0.717) is 5.56 Å². The molecule has 0 aliphatic heterocycles. The summed E-state index contributed by atoms with van der Waals surface area (Å²) >= 11 is 3.43. The van der Waals surface area contributed by atoms with Crippen LogP contribution in [0.1, 0.15) is 15.9 Å². The third-order valence-corrected chi connectivity index (χ3v) is 3.67. The lowest BCUT2D eigenvalue weighted by atomic mass is 10.2. The van der Waals surface area contributed by atoms with Gasteiger partial charge in [0.2, 0.25) is 0 Å². The summed E-state index contributed by atoms with van der Waals surface area (Å²) in [5, 5.41) is 14.2. The lowest BCUT2D eigenvalue weighted by molar-refractivity contribution is 0.0955. The zero-order valence-corrected chi connectivity index (χ0v) is 13.0. The average molecular weight is 358 g/mol. The zero-order chi connectivity index (χ0) is 15.5. The van der Waals surface area contributed by atoms with Crippen LogP contribution in [0.3, 0.4) is 0 Å². The topological polar surface area (TPSA) is 77.5 Å². The van der Waals surface area contributed by atoms with E-state index in [1.165, 1.54) is 24.3 Å². The number of H-pyrrole nitrogens is 1. The maximum absolute atomic E-state index is 11.9. The first-order chi connectivity index (χ1) is 10.6. The molecule has 110 valence electrons. The standard InChI is InChI=1S/C16H12BrN3O2/c17-12-3-6-15-14(7-12)11(8-18-15)9-19-20-16(22)10-1-4-13(21)5-2-10/h1-9,18,21H,(H,20,22). The van der Waals surface area contributed by atoms with E-state index < -0.39 is 0 Å². The van der Waals surface area contributed by atoms with Crippen LogP contribution in [-0.4, -0.2) is 22.2 Å². The van der Waals surface area contributed by atoms with Crippen LogP contribution in [0, 0.1) is 0 Å². The van der Waals surface area contributed by atoms with Crippen LogP contribution < -0.4 is 5.43 Å². The van der Waals surface area contributed by atoms with Crippen molar-refractivity contribution in [2.45, 2.75) is 0 Å². The number of aromatic hydroxyl groups is 1. The minimum absolute atomic E-state index is 0.115. The molecule has 0 radical (unpaired) electrons. The van der Waals surface area contributed by atoms with E-state index in [2.05, 4.69) is 31.4 Å². The minimum atomic E-state index is -0.336. The van der Waals surface area contributed by atoms with E-state index in [-0.39, 0.29) is 11.7 Å². The number of nitrogens with one attached hydrogen (secondary N) is 2. The van der Waals surface area contributed by atoms with Crippen molar-refractivity contribution < 1.29 is 9.90 Å². The number of fused-ring (bicyclic) bond motifs is 1. The van der Waals surface area contributed by atoms with E-state index in [1.807, 2.05) is 24.4 Å². The van der Waals surface area contributed by atoms with E-state index in [4.69, 9.17) is 0 Å². The number of hydrazone groups is 1. The van der Waals surface area contributed by atoms with Crippen molar-refractivity contribution in [3.05, 3.63) is 64.3 Å². The highest BCUT2D eigenvalue weighted by Crippen LogP contribution is 2.21. The quantitative estimate of drug-likeness (QED) is 0.496. The van der Waals surface area contributed by atoms with Crippen molar-refractivity contribution in [2.75, 3.05) is 0 Å². The Balaban J connectivity index is 1.74. The number of aromatic nitrogens is 1. The van der Waals surface area contributed by atoms with Crippen LogP contribution in [0.25, 0.3) is 10.9 Å². The number of amides is 1. The average Bonchev–Trinajstić information content (AvgIpc) is 2.90. The fourth-order valence-electron chi connectivity index (χ4n) is 2.06. The lowest BCUT2D eigenvalue weighted by Gasteiger charge is -1.99. The normalized spacial score (nSPS) is 11.1. The number of carbonyl (C=O) groups excluding carboxylic acids is 1. The molecule has 3 N–H and O–H groups in total. The molecule has 1 heterocycles. The summed E-state index contributed by atoms with van der Waals surface area (Å²) in [7, 11) is 0. The second-order valence-electron chi connectivity index (χ2n) is 4.68. The van der Waals surface area contributed by atoms with Crippen LogP contribution in [0.2, 0.25) is 0 Å². The van der Waals surface area contributed by atoms with Gasteiger partial charge in [0.15, 0.2) is 0 Å². The molecule has 0 unspecified atom stereocenters. The molecular weight excluding hydrogens is 346 g/mol. The van der Waals surface area contributed by atoms with Gasteiger partial charge in [-0.1, -0.05) is 15.9 Å². The molecule has 1 amide bonds. The van der Waals surface area contributed by atoms with Gasteiger partial charge in [0.25, 0.3) is 5.91 Å². The van der Waals surface area contributed by atoms with Crippen LogP contribution in [0.15, 0.2) is 58.2 Å². The van der Waals surface area contributed by atoms with E-state index in [0.717, 1.165) is 20.9 Å². The molecular formula is C16H12BrN3O2. The first-order valence-electron chi connectivity index (χ1n) is 6.52. The Labute approximate surface area is 134 Å². The Bertz CT molecular complexity index is 853. The maximum atomic E-state index is 11.9. The largest absolute Gasteiger partial charge is 0.508 e. The number of hydrogen-bond acceptors (Lipinski definition) is 3. The van der Waals surface area contributed by atoms with Gasteiger partial charge in [0, 0.05) is 32.7 Å². The Morgan fingerprint density at radius 2 is 2.00 bits per heavy atom. The third kappa shape index (κ3) is 3.01. The number of benzene rings is 2. The Morgan fingerprint density at radius 1 is 1.23 bits per heavy atom. The number of carbonyl (C=O) groups is 1. The van der Waals surface area contributed by atoms with Crippen molar-refractivity contribution in [1.82, 2.24) is 10.4 Å². The van der Waals surface area contributed by atoms with Crippen LogP contribution in [0.5, 0.6) is 5.75 Å². The second-order valence-corrected chi connectivity index (χ2v) is 5.60. The third-order valence-electron chi connectivity index (χ3n) is 3.18. The van der Waals surface area contributed by atoms with Gasteiger partial charge in [-0.05, 0) is 42.5 Å². The Kier molecular flexibility index (Phi) is 3.93. The number of nitrogens with zero attached hydrogens (tertiary/aromatic N) is 1. The van der Waals surface area contributed by atoms with Crippen molar-refractivity contribution in [1.29, 1.82) is 0 Å². The minimum Gasteiger partial charge on any atom is -0.508 e. The molecule has 22 heavy (non-hydrogen) atoms. The highest BCUT2D eigenvalue weighted by atomic mass is 79.9. The summed E-state index contributed by atoms with van der Waals surface area (Å²) in [6.07, 6.45) is 3.41. The number of aromatic amines is 1. The van der Waals surface area contributed by atoms with Gasteiger partial charge in [0.1, 0.15) is 5.75 Å². The first kappa shape index (κ1) is 14.3. The fraction of sp³-hybridized carbons (Fsp3) is 0. The molecule has 1 aromatic heterocycles. The zero-order valence-electron chi connectivity index (χ0n) is 11.4. The number of phenolic OH excluding ortho intramolecular Hbond substituents is 1. The molecule has 5 nitrogen and oxygen atoms in total. The van der Waals surface area contributed by atoms with Gasteiger partial charge in [-0.3, -0.25) is 4.79 Å². The van der Waals surface area contributed by atoms with Crippen LogP contribution >= 0.6 is 15.9 Å². The lowest BCUT2D eigenvalue weighted by Crippen LogP contribution is -2.17. The van der Waals surface area contributed by atoms with E-state index in [1.54, 1.807) is 6.21 Å². The summed E-state index contributed by atoms with van der Waals surface area (Å²) in [5.74, 6) is -0.221. The molecule has 0 fully saturated rings. The van der Waals surface area contributed by atoms with E-state index in [9.17, 15) is 9.90 Å². The predicted molar refractivity (Wildman–Crippen MR) is 89.2 cm³/mol. The monoisotopic (exact) mass is 357 g/mol. The van der Waals surface area contributed by atoms with Gasteiger partial charge in [0.05, 0.1) is 6.21 Å². The second kappa shape index (κ2) is 6.03. The number of hydrogen-bond donors (Lipinski definition) is 3. The molecule has 6 heteroatoms. The molecule has 2 aromatic carbocycles. The van der Waals surface area contributed by atoms with Crippen molar-refractivity contribution in [3.63, 3.8) is 0 Å². The summed E-state index contributed by atoms with van der Waals surface area (Å²) in [6.45, 7) is 0. The maximum Gasteiger partial charge on any atom is 0.271 e. The molecule has 0 saturated carbocycles. The van der Waals surface area contributed by atoms with Gasteiger partial charge >= 0.3 is 0 Å². The molecule has 0 bridgehead atoms. The molecule has 0 atom stereocenters. The number of rotatable bonds is 3. The molecule has 3 rings (SSSR count). The summed E-state index contributed by atoms with van der Waals surface area (Å²) in [4.78, 5) is 15.0. The van der Waals surface area contributed by atoms with Gasteiger partial charge in [-0.2, -0.15) is 5.10 Å². The van der Waals surface area contributed by atoms with Gasteiger partial charge < -0.3 is 10.1 Å². The Morgan fingerprint density at radius 3 is 2.77 bits per heavy atom. The molecule has 0 aliphatic rings. The van der Waals surface area contributed by atoms with Gasteiger partial charge in [-0.15, -0.1) is 0 Å². The summed E-state index contributed by atoms with van der Waals surface area (Å²) in [6, 6.07) is 11.9. The SMILES string of the molecule is O=C(NN=Cc1c[nH]c2ccc(Br)cc12)c1ccc(O)cc1. The van der Waals surface area contributed by atoms with Crippen molar-refractivity contribution in [3.8, 4) is 5.75 Å². The molecule has 0 aliphatic carbocycles. The van der Waals surface area contributed by atoms with Crippen molar-refractivity contribution in [2.24, 2.45) is 5.10 Å². The molecule has 0 saturated heterocycles. The van der Waals surface area contributed by atoms with Crippen LogP contribution in [-0.2, 0) is 0 Å². The van der Waals surface area contributed by atoms with Gasteiger partial charge in [-0.25, -0.2) is 5.43 Å². The fourth-order valence-corrected chi connectivity index (χ4v) is 2.42. The highest BCUT2D eigenvalue weighted by molar-refractivity contribution is 9.10. The highest BCUT2D eigenvalue weighted by Gasteiger charge is 2.04. The summed E-state index contributed by atoms with van der Waals surface area (Å²) in [5.41, 5.74) is 4.76. The Hall–Kier alpha value is -2.60. The van der Waals surface area contributed by atoms with E-state index >= 15 is 0 Å². The first-order valence-corrected chi connectivity index (χ1v) is 7.32. The summed E-state index contributed by atoms with van der Waals surface area (Å²) < 4.78 is 0.974. The molecule has 3 aromatic rings. The molecule has 0 spiro atoms. The number of phenols is 1. The predicted octanol–water partition coefficient (Wildman–Crippen LogP) is 3.40. The van der Waals surface area contributed by atoms with Crippen molar-refractivity contribution >= 4 is 39.0 Å². The number of halogens is 1. The van der Waals surface area contributed by atoms with Crippen LogP contribution in [0.4, 0.5) is 0 Å².